The summed E-state index contributed by atoms with van der Waals surface area (Å²) in [6, 6.07) is 0.480. The van der Waals surface area contributed by atoms with Crippen molar-refractivity contribution in [3.63, 3.8) is 0 Å². The van der Waals surface area contributed by atoms with Gasteiger partial charge in [0.05, 0.1) is 12.3 Å². The third-order valence-corrected chi connectivity index (χ3v) is 3.57. The van der Waals surface area contributed by atoms with Crippen molar-refractivity contribution < 1.29 is 19.1 Å². The molecule has 0 saturated carbocycles. The van der Waals surface area contributed by atoms with Gasteiger partial charge in [-0.2, -0.15) is 4.98 Å². The first-order valence-corrected chi connectivity index (χ1v) is 7.16. The van der Waals surface area contributed by atoms with E-state index in [1.807, 2.05) is 4.90 Å². The first-order chi connectivity index (χ1) is 9.65. The topological polar surface area (TPSA) is 75.8 Å². The normalized spacial score (nSPS) is 19.1. The van der Waals surface area contributed by atoms with Gasteiger partial charge in [0.25, 0.3) is 6.01 Å². The minimum absolute atomic E-state index is 0.186. The maximum Gasteiger partial charge on any atom is 0.376 e. The zero-order valence-electron chi connectivity index (χ0n) is 12.1. The molecule has 0 bridgehead atoms. The van der Waals surface area contributed by atoms with Crippen molar-refractivity contribution in [1.29, 1.82) is 0 Å². The van der Waals surface area contributed by atoms with E-state index in [0.29, 0.717) is 24.2 Å². The molecule has 6 heteroatoms. The van der Waals surface area contributed by atoms with Crippen LogP contribution in [0.15, 0.2) is 4.42 Å². The molecule has 0 radical (unpaired) electrons. The standard InChI is InChI=1S/C14H22N2O4/c1-3-19-13(18)12-10(2)15-14(20-12)16-7-4-5-11(9-16)6-8-17/h11,17H,3-9H2,1-2H3. The molecule has 2 heterocycles. The van der Waals surface area contributed by atoms with Gasteiger partial charge >= 0.3 is 5.97 Å². The van der Waals surface area contributed by atoms with Crippen LogP contribution in [-0.4, -0.2) is 42.4 Å². The summed E-state index contributed by atoms with van der Waals surface area (Å²) in [4.78, 5) is 18.1. The molecule has 1 unspecified atom stereocenters. The number of aromatic nitrogens is 1. The van der Waals surface area contributed by atoms with Gasteiger partial charge in [0.2, 0.25) is 5.76 Å². The summed E-state index contributed by atoms with van der Waals surface area (Å²) >= 11 is 0. The minimum atomic E-state index is -0.465. The van der Waals surface area contributed by atoms with Crippen molar-refractivity contribution in [2.45, 2.75) is 33.1 Å². The Bertz CT molecular complexity index is 456. The van der Waals surface area contributed by atoms with Crippen LogP contribution < -0.4 is 4.90 Å². The highest BCUT2D eigenvalue weighted by Gasteiger charge is 2.26. The Morgan fingerprint density at radius 1 is 1.60 bits per heavy atom. The van der Waals surface area contributed by atoms with Gasteiger partial charge in [-0.05, 0) is 39.0 Å². The van der Waals surface area contributed by atoms with E-state index in [4.69, 9.17) is 14.3 Å². The zero-order chi connectivity index (χ0) is 14.5. The van der Waals surface area contributed by atoms with Crippen molar-refractivity contribution in [3.8, 4) is 0 Å². The average Bonchev–Trinajstić information content (AvgIpc) is 2.82. The molecule has 0 spiro atoms. The molecule has 0 amide bonds. The molecule has 0 aromatic carbocycles. The summed E-state index contributed by atoms with van der Waals surface area (Å²) < 4.78 is 10.5. The van der Waals surface area contributed by atoms with Crippen LogP contribution in [-0.2, 0) is 4.74 Å². The molecular weight excluding hydrogens is 260 g/mol. The lowest BCUT2D eigenvalue weighted by Gasteiger charge is -2.31. The Hall–Kier alpha value is -1.56. The van der Waals surface area contributed by atoms with E-state index < -0.39 is 5.97 Å². The molecular formula is C14H22N2O4. The number of hydrogen-bond acceptors (Lipinski definition) is 6. The number of rotatable bonds is 5. The fourth-order valence-corrected chi connectivity index (χ4v) is 2.56. The SMILES string of the molecule is CCOC(=O)c1oc(N2CCCC(CCO)C2)nc1C. The third-order valence-electron chi connectivity index (χ3n) is 3.57. The zero-order valence-corrected chi connectivity index (χ0v) is 12.1. The number of carbonyl (C=O) groups is 1. The van der Waals surface area contributed by atoms with E-state index in [1.165, 1.54) is 0 Å². The third kappa shape index (κ3) is 3.30. The van der Waals surface area contributed by atoms with Crippen LogP contribution in [0.2, 0.25) is 0 Å². The molecule has 1 saturated heterocycles. The van der Waals surface area contributed by atoms with Crippen LogP contribution in [0.4, 0.5) is 6.01 Å². The lowest BCUT2D eigenvalue weighted by Crippen LogP contribution is -2.36. The molecule has 1 aromatic rings. The quantitative estimate of drug-likeness (QED) is 0.829. The number of esters is 1. The second kappa shape index (κ2) is 6.74. The van der Waals surface area contributed by atoms with Gasteiger partial charge in [0.15, 0.2) is 0 Å². The van der Waals surface area contributed by atoms with Gasteiger partial charge < -0.3 is 19.2 Å². The summed E-state index contributed by atoms with van der Waals surface area (Å²) in [5, 5.41) is 9.04. The molecule has 1 aliphatic heterocycles. The molecule has 1 N–H and O–H groups in total. The maximum absolute atomic E-state index is 11.7. The lowest BCUT2D eigenvalue weighted by atomic mass is 9.95. The Morgan fingerprint density at radius 2 is 2.40 bits per heavy atom. The van der Waals surface area contributed by atoms with Gasteiger partial charge in [-0.1, -0.05) is 0 Å². The molecule has 2 rings (SSSR count). The molecule has 20 heavy (non-hydrogen) atoms. The Balaban J connectivity index is 2.09. The predicted octanol–water partition coefficient (Wildman–Crippen LogP) is 1.76. The number of nitrogens with zero attached hydrogens (tertiary/aromatic N) is 2. The van der Waals surface area contributed by atoms with Crippen molar-refractivity contribution in [1.82, 2.24) is 4.98 Å². The van der Waals surface area contributed by atoms with Crippen molar-refractivity contribution in [3.05, 3.63) is 11.5 Å². The Morgan fingerprint density at radius 3 is 3.10 bits per heavy atom. The number of aliphatic hydroxyl groups is 1. The summed E-state index contributed by atoms with van der Waals surface area (Å²) in [6.07, 6.45) is 2.95. The highest BCUT2D eigenvalue weighted by Crippen LogP contribution is 2.26. The van der Waals surface area contributed by atoms with Crippen molar-refractivity contribution >= 4 is 12.0 Å². The molecule has 1 atom stereocenters. The van der Waals surface area contributed by atoms with Crippen LogP contribution in [0.5, 0.6) is 0 Å². The summed E-state index contributed by atoms with van der Waals surface area (Å²) in [7, 11) is 0. The van der Waals surface area contributed by atoms with E-state index in [9.17, 15) is 4.79 Å². The van der Waals surface area contributed by atoms with E-state index >= 15 is 0 Å². The summed E-state index contributed by atoms with van der Waals surface area (Å²) in [5.74, 6) is 0.172. The number of aryl methyl sites for hydroxylation is 1. The minimum Gasteiger partial charge on any atom is -0.460 e. The Kier molecular flexibility index (Phi) is 5.00. The number of aliphatic hydroxyl groups excluding tert-OH is 1. The molecule has 1 aromatic heterocycles. The number of anilines is 1. The van der Waals surface area contributed by atoms with Gasteiger partial charge in [-0.3, -0.25) is 0 Å². The smallest absolute Gasteiger partial charge is 0.376 e. The summed E-state index contributed by atoms with van der Waals surface area (Å²) in [5.41, 5.74) is 0.558. The molecule has 1 aliphatic rings. The van der Waals surface area contributed by atoms with Crippen LogP contribution in [0.1, 0.15) is 42.4 Å². The largest absolute Gasteiger partial charge is 0.460 e. The summed E-state index contributed by atoms with van der Waals surface area (Å²) in [6.45, 7) is 5.70. The van der Waals surface area contributed by atoms with Crippen molar-refractivity contribution in [2.75, 3.05) is 31.2 Å². The molecule has 1 fully saturated rings. The fourth-order valence-electron chi connectivity index (χ4n) is 2.56. The van der Waals surface area contributed by atoms with Crippen LogP contribution >= 0.6 is 0 Å². The predicted molar refractivity (Wildman–Crippen MR) is 73.8 cm³/mol. The Labute approximate surface area is 118 Å². The van der Waals surface area contributed by atoms with Crippen LogP contribution in [0, 0.1) is 12.8 Å². The first kappa shape index (κ1) is 14.8. The number of ether oxygens (including phenoxy) is 1. The highest BCUT2D eigenvalue weighted by atomic mass is 16.5. The van der Waals surface area contributed by atoms with Gasteiger partial charge in [0.1, 0.15) is 0 Å². The second-order valence-electron chi connectivity index (χ2n) is 5.10. The monoisotopic (exact) mass is 282 g/mol. The number of piperidine rings is 1. The highest BCUT2D eigenvalue weighted by molar-refractivity contribution is 5.87. The second-order valence-corrected chi connectivity index (χ2v) is 5.10. The number of carbonyl (C=O) groups excluding carboxylic acids is 1. The number of oxazole rings is 1. The molecule has 0 aliphatic carbocycles. The van der Waals surface area contributed by atoms with E-state index in [-0.39, 0.29) is 12.4 Å². The fraction of sp³-hybridized carbons (Fsp3) is 0.714. The lowest BCUT2D eigenvalue weighted by molar-refractivity contribution is 0.0489. The van der Waals surface area contributed by atoms with Crippen LogP contribution in [0.3, 0.4) is 0 Å². The average molecular weight is 282 g/mol. The van der Waals surface area contributed by atoms with Gasteiger partial charge in [-0.15, -0.1) is 0 Å². The van der Waals surface area contributed by atoms with Crippen LogP contribution in [0.25, 0.3) is 0 Å². The number of hydrogen-bond donors (Lipinski definition) is 1. The van der Waals surface area contributed by atoms with E-state index in [1.54, 1.807) is 13.8 Å². The van der Waals surface area contributed by atoms with Gasteiger partial charge in [-0.25, -0.2) is 4.79 Å². The molecule has 6 nitrogen and oxygen atoms in total. The first-order valence-electron chi connectivity index (χ1n) is 7.16. The van der Waals surface area contributed by atoms with E-state index in [2.05, 4.69) is 4.98 Å². The van der Waals surface area contributed by atoms with E-state index in [0.717, 1.165) is 32.4 Å². The maximum atomic E-state index is 11.7. The van der Waals surface area contributed by atoms with Crippen molar-refractivity contribution in [2.24, 2.45) is 5.92 Å². The van der Waals surface area contributed by atoms with Gasteiger partial charge in [0, 0.05) is 19.7 Å². The molecule has 112 valence electrons.